The fourth-order valence-electron chi connectivity index (χ4n) is 2.14. The predicted octanol–water partition coefficient (Wildman–Crippen LogP) is 3.93. The molecule has 0 aliphatic carbocycles. The van der Waals surface area contributed by atoms with Crippen molar-refractivity contribution in [2.75, 3.05) is 11.9 Å². The maximum absolute atomic E-state index is 12.8. The van der Waals surface area contributed by atoms with E-state index in [-0.39, 0.29) is 18.6 Å². The van der Waals surface area contributed by atoms with Crippen LogP contribution in [0.25, 0.3) is 0 Å². The normalized spacial score (nSPS) is 10.3. The quantitative estimate of drug-likeness (QED) is 0.586. The summed E-state index contributed by atoms with van der Waals surface area (Å²) in [5.41, 5.74) is 1.55. The van der Waals surface area contributed by atoms with Crippen molar-refractivity contribution >= 4 is 34.9 Å². The zero-order valence-electron chi connectivity index (χ0n) is 14.1. The van der Waals surface area contributed by atoms with Crippen LogP contribution in [-0.2, 0) is 14.3 Å². The molecule has 0 fully saturated rings. The molecule has 5 nitrogen and oxygen atoms in total. The van der Waals surface area contributed by atoms with Gasteiger partial charge >= 0.3 is 5.97 Å². The summed E-state index contributed by atoms with van der Waals surface area (Å²) in [7, 11) is 0. The SMILES string of the molecule is Cc1c(Cl)cccc1NC(=O)COC(=O)CCC(=O)c1ccc(F)cc1. The van der Waals surface area contributed by atoms with Crippen LogP contribution in [0.15, 0.2) is 42.5 Å². The molecule has 0 aliphatic rings. The molecule has 2 aromatic rings. The first-order valence-corrected chi connectivity index (χ1v) is 8.24. The summed E-state index contributed by atoms with van der Waals surface area (Å²) in [6.45, 7) is 1.29. The molecule has 1 amide bonds. The number of amides is 1. The van der Waals surface area contributed by atoms with E-state index in [1.807, 2.05) is 0 Å². The number of ketones is 1. The Labute approximate surface area is 155 Å². The third-order valence-corrected chi connectivity index (χ3v) is 4.04. The van der Waals surface area contributed by atoms with Gasteiger partial charge in [0.15, 0.2) is 12.4 Å². The van der Waals surface area contributed by atoms with Gasteiger partial charge < -0.3 is 10.1 Å². The Bertz CT molecular complexity index is 821. The predicted molar refractivity (Wildman–Crippen MR) is 95.7 cm³/mol. The number of anilines is 1. The summed E-state index contributed by atoms with van der Waals surface area (Å²) < 4.78 is 17.7. The minimum atomic E-state index is -0.668. The van der Waals surface area contributed by atoms with Crippen molar-refractivity contribution in [3.8, 4) is 0 Å². The number of ether oxygens (including phenoxy) is 1. The van der Waals surface area contributed by atoms with E-state index < -0.39 is 24.3 Å². The van der Waals surface area contributed by atoms with Crippen LogP contribution in [0.1, 0.15) is 28.8 Å². The van der Waals surface area contributed by atoms with E-state index in [4.69, 9.17) is 16.3 Å². The van der Waals surface area contributed by atoms with Gasteiger partial charge in [-0.15, -0.1) is 0 Å². The van der Waals surface area contributed by atoms with Crippen LogP contribution in [0, 0.1) is 12.7 Å². The minimum Gasteiger partial charge on any atom is -0.456 e. The maximum Gasteiger partial charge on any atom is 0.306 e. The van der Waals surface area contributed by atoms with Crippen LogP contribution in [0.4, 0.5) is 10.1 Å². The molecule has 136 valence electrons. The van der Waals surface area contributed by atoms with Crippen molar-refractivity contribution in [2.24, 2.45) is 0 Å². The highest BCUT2D eigenvalue weighted by Crippen LogP contribution is 2.22. The standard InChI is InChI=1S/C19H17ClFNO4/c1-12-15(20)3-2-4-16(12)22-18(24)11-26-19(25)10-9-17(23)13-5-7-14(21)8-6-13/h2-8H,9-11H2,1H3,(H,22,24). The molecule has 7 heteroatoms. The van der Waals surface area contributed by atoms with Crippen LogP contribution in [0.5, 0.6) is 0 Å². The third-order valence-electron chi connectivity index (χ3n) is 3.63. The second kappa shape index (κ2) is 9.10. The van der Waals surface area contributed by atoms with E-state index in [0.717, 1.165) is 0 Å². The van der Waals surface area contributed by atoms with Gasteiger partial charge in [0.2, 0.25) is 0 Å². The molecule has 0 aromatic heterocycles. The number of rotatable bonds is 7. The minimum absolute atomic E-state index is 0.0838. The van der Waals surface area contributed by atoms with Crippen LogP contribution in [0.3, 0.4) is 0 Å². The van der Waals surface area contributed by atoms with Gasteiger partial charge in [-0.3, -0.25) is 14.4 Å². The first-order chi connectivity index (χ1) is 12.4. The van der Waals surface area contributed by atoms with E-state index >= 15 is 0 Å². The van der Waals surface area contributed by atoms with Crippen LogP contribution in [0.2, 0.25) is 5.02 Å². The molecule has 0 aliphatic heterocycles. The summed E-state index contributed by atoms with van der Waals surface area (Å²) in [4.78, 5) is 35.4. The lowest BCUT2D eigenvalue weighted by Crippen LogP contribution is -2.21. The Hall–Kier alpha value is -2.73. The fraction of sp³-hybridized carbons (Fsp3) is 0.211. The Morgan fingerprint density at radius 1 is 1.08 bits per heavy atom. The molecule has 26 heavy (non-hydrogen) atoms. The van der Waals surface area contributed by atoms with Gasteiger partial charge in [-0.1, -0.05) is 17.7 Å². The lowest BCUT2D eigenvalue weighted by atomic mass is 10.1. The van der Waals surface area contributed by atoms with Crippen molar-refractivity contribution in [1.82, 2.24) is 0 Å². The molecule has 2 aromatic carbocycles. The Balaban J connectivity index is 1.76. The summed E-state index contributed by atoms with van der Waals surface area (Å²) in [5, 5.41) is 3.11. The van der Waals surface area contributed by atoms with Gasteiger partial charge in [-0.2, -0.15) is 0 Å². The highest BCUT2D eigenvalue weighted by atomic mass is 35.5. The van der Waals surface area contributed by atoms with Gasteiger partial charge in [0.05, 0.1) is 6.42 Å². The summed E-state index contributed by atoms with van der Waals surface area (Å²) in [5.74, 6) is -1.92. The number of benzene rings is 2. The number of hydrogen-bond acceptors (Lipinski definition) is 4. The third kappa shape index (κ3) is 5.67. The summed E-state index contributed by atoms with van der Waals surface area (Å²) in [6.07, 6.45) is -0.251. The van der Waals surface area contributed by atoms with Gasteiger partial charge in [-0.25, -0.2) is 4.39 Å². The molecule has 0 radical (unpaired) electrons. The average molecular weight is 378 g/mol. The van der Waals surface area contributed by atoms with E-state index in [0.29, 0.717) is 21.8 Å². The topological polar surface area (TPSA) is 72.5 Å². The highest BCUT2D eigenvalue weighted by Gasteiger charge is 2.13. The van der Waals surface area contributed by atoms with Crippen molar-refractivity contribution < 1.29 is 23.5 Å². The van der Waals surface area contributed by atoms with Crippen molar-refractivity contribution in [3.05, 3.63) is 64.4 Å². The van der Waals surface area contributed by atoms with Crippen molar-refractivity contribution in [3.63, 3.8) is 0 Å². The number of esters is 1. The molecule has 0 bridgehead atoms. The van der Waals surface area contributed by atoms with E-state index in [1.165, 1.54) is 24.3 Å². The Kier molecular flexibility index (Phi) is 6.86. The average Bonchev–Trinajstić information content (AvgIpc) is 2.62. The molecular weight excluding hydrogens is 361 g/mol. The molecule has 1 N–H and O–H groups in total. The monoisotopic (exact) mass is 377 g/mol. The highest BCUT2D eigenvalue weighted by molar-refractivity contribution is 6.31. The smallest absolute Gasteiger partial charge is 0.306 e. The first kappa shape index (κ1) is 19.6. The summed E-state index contributed by atoms with van der Waals surface area (Å²) >= 11 is 5.97. The molecule has 2 rings (SSSR count). The second-order valence-electron chi connectivity index (χ2n) is 5.55. The van der Waals surface area contributed by atoms with Gasteiger partial charge in [-0.05, 0) is 48.9 Å². The molecule has 0 saturated heterocycles. The molecule has 0 heterocycles. The second-order valence-corrected chi connectivity index (χ2v) is 5.96. The maximum atomic E-state index is 12.8. The lowest BCUT2D eigenvalue weighted by Gasteiger charge is -2.10. The van der Waals surface area contributed by atoms with Crippen LogP contribution < -0.4 is 5.32 Å². The number of carbonyl (C=O) groups excluding carboxylic acids is 3. The van der Waals surface area contributed by atoms with Crippen LogP contribution in [-0.4, -0.2) is 24.3 Å². The fourth-order valence-corrected chi connectivity index (χ4v) is 2.32. The Morgan fingerprint density at radius 2 is 1.77 bits per heavy atom. The number of carbonyl (C=O) groups is 3. The van der Waals surface area contributed by atoms with Crippen LogP contribution >= 0.6 is 11.6 Å². The molecular formula is C19H17ClFNO4. The zero-order valence-corrected chi connectivity index (χ0v) is 14.8. The zero-order chi connectivity index (χ0) is 19.1. The van der Waals surface area contributed by atoms with Gasteiger partial charge in [0, 0.05) is 22.7 Å². The largest absolute Gasteiger partial charge is 0.456 e. The lowest BCUT2D eigenvalue weighted by molar-refractivity contribution is -0.147. The van der Waals surface area contributed by atoms with Gasteiger partial charge in [0.1, 0.15) is 5.82 Å². The number of Topliss-reactive ketones (excluding diaryl/α,β-unsaturated/α-hetero) is 1. The van der Waals surface area contributed by atoms with Crippen molar-refractivity contribution in [2.45, 2.75) is 19.8 Å². The number of nitrogens with one attached hydrogen (secondary N) is 1. The van der Waals surface area contributed by atoms with Gasteiger partial charge in [0.25, 0.3) is 5.91 Å². The molecule has 0 atom stereocenters. The number of hydrogen-bond donors (Lipinski definition) is 1. The summed E-state index contributed by atoms with van der Waals surface area (Å²) in [6, 6.07) is 10.1. The van der Waals surface area contributed by atoms with Crippen molar-refractivity contribution in [1.29, 1.82) is 0 Å². The molecule has 0 unspecified atom stereocenters. The Morgan fingerprint density at radius 3 is 2.46 bits per heavy atom. The first-order valence-electron chi connectivity index (χ1n) is 7.86. The molecule has 0 spiro atoms. The van der Waals surface area contributed by atoms with E-state index in [1.54, 1.807) is 25.1 Å². The number of halogens is 2. The van der Waals surface area contributed by atoms with E-state index in [9.17, 15) is 18.8 Å². The molecule has 0 saturated carbocycles. The van der Waals surface area contributed by atoms with E-state index in [2.05, 4.69) is 5.32 Å².